The highest BCUT2D eigenvalue weighted by molar-refractivity contribution is 9.10. The van der Waals surface area contributed by atoms with E-state index in [9.17, 15) is 9.59 Å². The highest BCUT2D eigenvalue weighted by Crippen LogP contribution is 2.38. The number of aromatic nitrogens is 1. The van der Waals surface area contributed by atoms with Gasteiger partial charge in [-0.2, -0.15) is 0 Å². The molecule has 2 heterocycles. The molecule has 0 saturated heterocycles. The van der Waals surface area contributed by atoms with E-state index in [0.717, 1.165) is 17.3 Å². The van der Waals surface area contributed by atoms with Crippen LogP contribution in [0.15, 0.2) is 15.9 Å². The van der Waals surface area contributed by atoms with Gasteiger partial charge in [0.15, 0.2) is 5.13 Å². The first-order chi connectivity index (χ1) is 11.0. The van der Waals surface area contributed by atoms with Crippen LogP contribution in [0.25, 0.3) is 0 Å². The lowest BCUT2D eigenvalue weighted by Gasteiger charge is -2.18. The lowest BCUT2D eigenvalue weighted by Crippen LogP contribution is -2.32. The summed E-state index contributed by atoms with van der Waals surface area (Å²) < 4.78 is 5.84. The van der Waals surface area contributed by atoms with E-state index in [2.05, 4.69) is 20.9 Å². The summed E-state index contributed by atoms with van der Waals surface area (Å²) >= 11 is 6.04. The van der Waals surface area contributed by atoms with Crippen LogP contribution in [0.5, 0.6) is 0 Å². The minimum atomic E-state index is -0.380. The van der Waals surface area contributed by atoms with Crippen molar-refractivity contribution in [3.8, 4) is 0 Å². The number of aryl methyl sites for hydroxylation is 1. The van der Waals surface area contributed by atoms with Crippen LogP contribution in [0.4, 0.5) is 5.13 Å². The lowest BCUT2D eigenvalue weighted by molar-refractivity contribution is 0.0531. The number of hydrogen-bond acceptors (Lipinski definition) is 6. The van der Waals surface area contributed by atoms with Crippen molar-refractivity contribution in [3.63, 3.8) is 0 Å². The second-order valence-electron chi connectivity index (χ2n) is 5.14. The summed E-state index contributed by atoms with van der Waals surface area (Å²) in [5, 5.41) is 2.44. The third-order valence-corrected chi connectivity index (χ3v) is 6.36. The number of hydrogen-bond donors (Lipinski definition) is 0. The Morgan fingerprint density at radius 2 is 2.17 bits per heavy atom. The summed E-state index contributed by atoms with van der Waals surface area (Å²) in [7, 11) is 0. The zero-order valence-corrected chi connectivity index (χ0v) is 15.9. The zero-order valence-electron chi connectivity index (χ0n) is 12.7. The molecule has 0 atom stereocenters. The molecular formula is C15H15BrN2O3S2. The van der Waals surface area contributed by atoms with Gasteiger partial charge in [0.25, 0.3) is 5.91 Å². The summed E-state index contributed by atoms with van der Waals surface area (Å²) in [6.45, 7) is 3.85. The van der Waals surface area contributed by atoms with Crippen molar-refractivity contribution in [3.05, 3.63) is 31.4 Å². The van der Waals surface area contributed by atoms with Crippen LogP contribution in [0.3, 0.4) is 0 Å². The number of amides is 1. The number of ether oxygens (including phenoxy) is 1. The van der Waals surface area contributed by atoms with Crippen molar-refractivity contribution >= 4 is 55.6 Å². The maximum absolute atomic E-state index is 12.9. The van der Waals surface area contributed by atoms with E-state index in [0.29, 0.717) is 27.2 Å². The fraction of sp³-hybridized carbons (Fsp3) is 0.400. The molecule has 1 saturated carbocycles. The summed E-state index contributed by atoms with van der Waals surface area (Å²) in [6, 6.07) is 2.03. The fourth-order valence-electron chi connectivity index (χ4n) is 2.17. The molecule has 0 aliphatic heterocycles. The van der Waals surface area contributed by atoms with E-state index in [1.54, 1.807) is 18.7 Å². The Morgan fingerprint density at radius 1 is 1.43 bits per heavy atom. The molecule has 2 aromatic rings. The monoisotopic (exact) mass is 414 g/mol. The maximum Gasteiger partial charge on any atom is 0.350 e. The van der Waals surface area contributed by atoms with Crippen LogP contribution in [0.2, 0.25) is 0 Å². The SMILES string of the molecule is CCOC(=O)c1sc(N(C(=O)c2sccc2Br)C2CC2)nc1C. The van der Waals surface area contributed by atoms with Gasteiger partial charge in [0.2, 0.25) is 0 Å². The number of nitrogens with zero attached hydrogens (tertiary/aromatic N) is 2. The van der Waals surface area contributed by atoms with Gasteiger partial charge in [-0.3, -0.25) is 9.69 Å². The highest BCUT2D eigenvalue weighted by atomic mass is 79.9. The lowest BCUT2D eigenvalue weighted by atomic mass is 10.4. The van der Waals surface area contributed by atoms with Gasteiger partial charge in [-0.1, -0.05) is 11.3 Å². The van der Waals surface area contributed by atoms with Crippen LogP contribution in [0.1, 0.15) is 44.8 Å². The van der Waals surface area contributed by atoms with Crippen LogP contribution in [-0.2, 0) is 4.74 Å². The largest absolute Gasteiger partial charge is 0.462 e. The van der Waals surface area contributed by atoms with E-state index in [-0.39, 0.29) is 17.9 Å². The molecule has 1 aliphatic rings. The molecule has 0 N–H and O–H groups in total. The quantitative estimate of drug-likeness (QED) is 0.685. The Balaban J connectivity index is 1.94. The van der Waals surface area contributed by atoms with E-state index in [4.69, 9.17) is 4.74 Å². The zero-order chi connectivity index (χ0) is 16.6. The van der Waals surface area contributed by atoms with Crippen LogP contribution >= 0.6 is 38.6 Å². The van der Waals surface area contributed by atoms with Gasteiger partial charge in [0, 0.05) is 10.5 Å². The molecule has 0 bridgehead atoms. The second kappa shape index (κ2) is 6.70. The Bertz CT molecular complexity index is 752. The maximum atomic E-state index is 12.9. The van der Waals surface area contributed by atoms with E-state index in [1.807, 2.05) is 11.4 Å². The van der Waals surface area contributed by atoms with Crippen molar-refractivity contribution in [2.75, 3.05) is 11.5 Å². The molecule has 5 nitrogen and oxygen atoms in total. The number of thiophene rings is 1. The number of carbonyl (C=O) groups is 2. The smallest absolute Gasteiger partial charge is 0.350 e. The molecule has 0 unspecified atom stereocenters. The van der Waals surface area contributed by atoms with Crippen molar-refractivity contribution < 1.29 is 14.3 Å². The molecule has 8 heteroatoms. The van der Waals surface area contributed by atoms with Crippen molar-refractivity contribution in [1.29, 1.82) is 0 Å². The summed E-state index contributed by atoms with van der Waals surface area (Å²) in [6.07, 6.45) is 1.92. The molecule has 0 spiro atoms. The minimum Gasteiger partial charge on any atom is -0.462 e. The predicted octanol–water partition coefficient (Wildman–Crippen LogP) is 4.26. The van der Waals surface area contributed by atoms with Gasteiger partial charge < -0.3 is 4.74 Å². The molecule has 0 aromatic carbocycles. The summed E-state index contributed by atoms with van der Waals surface area (Å²) in [5.41, 5.74) is 0.604. The van der Waals surface area contributed by atoms with Crippen molar-refractivity contribution in [2.24, 2.45) is 0 Å². The first kappa shape index (κ1) is 16.6. The normalized spacial score (nSPS) is 13.9. The van der Waals surface area contributed by atoms with Gasteiger partial charge in [-0.05, 0) is 54.1 Å². The molecule has 1 amide bonds. The fourth-order valence-corrected chi connectivity index (χ4v) is 4.68. The number of halogens is 1. The van der Waals surface area contributed by atoms with Crippen LogP contribution < -0.4 is 4.90 Å². The van der Waals surface area contributed by atoms with Crippen LogP contribution in [0, 0.1) is 6.92 Å². The van der Waals surface area contributed by atoms with Crippen molar-refractivity contribution in [1.82, 2.24) is 4.98 Å². The molecule has 2 aromatic heterocycles. The second-order valence-corrected chi connectivity index (χ2v) is 7.88. The third kappa shape index (κ3) is 3.34. The Hall–Kier alpha value is -1.25. The number of rotatable bonds is 5. The molecule has 1 fully saturated rings. The standard InChI is InChI=1S/C15H15BrN2O3S2/c1-3-21-14(20)11-8(2)17-15(23-11)18(9-4-5-9)13(19)12-10(16)6-7-22-12/h6-7,9H,3-5H2,1-2H3. The van der Waals surface area contributed by atoms with Gasteiger partial charge in [0.1, 0.15) is 9.75 Å². The van der Waals surface area contributed by atoms with Gasteiger partial charge in [-0.15, -0.1) is 11.3 Å². The first-order valence-corrected chi connectivity index (χ1v) is 9.73. The Labute approximate surface area is 150 Å². The van der Waals surface area contributed by atoms with Gasteiger partial charge in [0.05, 0.1) is 12.3 Å². The minimum absolute atomic E-state index is 0.0708. The number of thiazole rings is 1. The van der Waals surface area contributed by atoms with E-state index < -0.39 is 0 Å². The summed E-state index contributed by atoms with van der Waals surface area (Å²) in [5.74, 6) is -0.451. The molecule has 1 aliphatic carbocycles. The molecule has 122 valence electrons. The van der Waals surface area contributed by atoms with Crippen LogP contribution in [-0.4, -0.2) is 29.5 Å². The number of carbonyl (C=O) groups excluding carboxylic acids is 2. The average molecular weight is 415 g/mol. The van der Waals surface area contributed by atoms with E-state index in [1.165, 1.54) is 22.7 Å². The van der Waals surface area contributed by atoms with Gasteiger partial charge >= 0.3 is 5.97 Å². The molecular weight excluding hydrogens is 400 g/mol. The third-order valence-electron chi connectivity index (χ3n) is 3.39. The number of esters is 1. The number of anilines is 1. The molecule has 23 heavy (non-hydrogen) atoms. The first-order valence-electron chi connectivity index (χ1n) is 7.24. The summed E-state index contributed by atoms with van der Waals surface area (Å²) in [4.78, 5) is 32.1. The Morgan fingerprint density at radius 3 is 2.74 bits per heavy atom. The van der Waals surface area contributed by atoms with Crippen molar-refractivity contribution in [2.45, 2.75) is 32.7 Å². The topological polar surface area (TPSA) is 59.5 Å². The molecule has 0 radical (unpaired) electrons. The average Bonchev–Trinajstić information content (AvgIpc) is 3.12. The highest BCUT2D eigenvalue weighted by Gasteiger charge is 2.38. The molecule has 3 rings (SSSR count). The Kier molecular flexibility index (Phi) is 4.84. The van der Waals surface area contributed by atoms with E-state index >= 15 is 0 Å². The predicted molar refractivity (Wildman–Crippen MR) is 94.7 cm³/mol. The van der Waals surface area contributed by atoms with Gasteiger partial charge in [-0.25, -0.2) is 9.78 Å².